The number of carbonyl (C=O) groups excluding carboxylic acids is 1. The van der Waals surface area contributed by atoms with Crippen LogP contribution in [0.25, 0.3) is 0 Å². The van der Waals surface area contributed by atoms with E-state index in [0.717, 1.165) is 6.42 Å². The molecule has 0 spiro atoms. The predicted molar refractivity (Wildman–Crippen MR) is 77.4 cm³/mol. The Hall–Kier alpha value is -1.62. The van der Waals surface area contributed by atoms with Crippen LogP contribution in [0.4, 0.5) is 4.39 Å². The van der Waals surface area contributed by atoms with E-state index in [0.29, 0.717) is 31.1 Å². The quantitative estimate of drug-likeness (QED) is 0.834. The molecule has 20 heavy (non-hydrogen) atoms. The van der Waals surface area contributed by atoms with Gasteiger partial charge in [-0.25, -0.2) is 4.39 Å². The van der Waals surface area contributed by atoms with Gasteiger partial charge in [0.1, 0.15) is 0 Å². The van der Waals surface area contributed by atoms with Crippen LogP contribution in [0.2, 0.25) is 0 Å². The Labute approximate surface area is 119 Å². The zero-order valence-corrected chi connectivity index (χ0v) is 12.4. The average molecular weight is 282 g/mol. The molecule has 0 aliphatic carbocycles. The third kappa shape index (κ3) is 4.49. The van der Waals surface area contributed by atoms with Gasteiger partial charge >= 0.3 is 0 Å². The molecule has 112 valence electrons. The Kier molecular flexibility index (Phi) is 6.45. The molecule has 0 fully saturated rings. The van der Waals surface area contributed by atoms with Gasteiger partial charge in [-0.3, -0.25) is 4.79 Å². The minimum Gasteiger partial charge on any atom is -0.494 e. The summed E-state index contributed by atoms with van der Waals surface area (Å²) in [6, 6.07) is 4.17. The summed E-state index contributed by atoms with van der Waals surface area (Å²) < 4.78 is 18.3. The first-order chi connectivity index (χ1) is 9.49. The third-order valence-electron chi connectivity index (χ3n) is 2.90. The number of ether oxygens (including phenoxy) is 1. The van der Waals surface area contributed by atoms with Gasteiger partial charge in [-0.15, -0.1) is 0 Å². The second kappa shape index (κ2) is 7.85. The Balaban J connectivity index is 2.92. The lowest BCUT2D eigenvalue weighted by Crippen LogP contribution is -2.35. The highest BCUT2D eigenvalue weighted by Crippen LogP contribution is 2.19. The summed E-state index contributed by atoms with van der Waals surface area (Å²) in [5, 5.41) is 0. The van der Waals surface area contributed by atoms with Crippen molar-refractivity contribution in [3.63, 3.8) is 0 Å². The average Bonchev–Trinajstić information content (AvgIpc) is 2.42. The van der Waals surface area contributed by atoms with Crippen molar-refractivity contribution in [2.24, 2.45) is 11.7 Å². The lowest BCUT2D eigenvalue weighted by Gasteiger charge is -2.24. The van der Waals surface area contributed by atoms with Gasteiger partial charge < -0.3 is 15.4 Å². The topological polar surface area (TPSA) is 55.6 Å². The van der Waals surface area contributed by atoms with Gasteiger partial charge in [0.2, 0.25) is 0 Å². The largest absolute Gasteiger partial charge is 0.494 e. The third-order valence-corrected chi connectivity index (χ3v) is 2.90. The lowest BCUT2D eigenvalue weighted by molar-refractivity contribution is 0.0734. The van der Waals surface area contributed by atoms with Gasteiger partial charge in [0.05, 0.1) is 7.11 Å². The summed E-state index contributed by atoms with van der Waals surface area (Å²) in [5.74, 6) is -0.148. The van der Waals surface area contributed by atoms with Crippen LogP contribution in [0, 0.1) is 11.7 Å². The highest BCUT2D eigenvalue weighted by molar-refractivity contribution is 5.94. The molecule has 1 rings (SSSR count). The van der Waals surface area contributed by atoms with Crippen LogP contribution in [0.1, 0.15) is 30.6 Å². The van der Waals surface area contributed by atoms with Crippen molar-refractivity contribution in [3.05, 3.63) is 29.6 Å². The number of methoxy groups -OCH3 is 1. The van der Waals surface area contributed by atoms with Crippen LogP contribution < -0.4 is 10.5 Å². The SMILES string of the molecule is COc1cc(C(=O)N(CCCN)CC(C)C)ccc1F. The van der Waals surface area contributed by atoms with Gasteiger partial charge in [-0.05, 0) is 37.1 Å². The molecule has 0 radical (unpaired) electrons. The van der Waals surface area contributed by atoms with E-state index in [1.54, 1.807) is 4.90 Å². The fraction of sp³-hybridized carbons (Fsp3) is 0.533. The van der Waals surface area contributed by atoms with Crippen molar-refractivity contribution < 1.29 is 13.9 Å². The zero-order chi connectivity index (χ0) is 15.1. The zero-order valence-electron chi connectivity index (χ0n) is 12.4. The van der Waals surface area contributed by atoms with E-state index in [-0.39, 0.29) is 11.7 Å². The maximum absolute atomic E-state index is 13.4. The van der Waals surface area contributed by atoms with Crippen LogP contribution >= 0.6 is 0 Å². The van der Waals surface area contributed by atoms with Crippen LogP contribution in [-0.4, -0.2) is 37.6 Å². The van der Waals surface area contributed by atoms with Crippen molar-refractivity contribution >= 4 is 5.91 Å². The molecular formula is C15H23FN2O2. The minimum atomic E-state index is -0.471. The molecule has 1 aromatic rings. The first-order valence-corrected chi connectivity index (χ1v) is 6.82. The summed E-state index contributed by atoms with van der Waals surface area (Å²) in [5.41, 5.74) is 5.94. The van der Waals surface area contributed by atoms with Crippen molar-refractivity contribution in [1.29, 1.82) is 0 Å². The number of rotatable bonds is 7. The number of nitrogens with zero attached hydrogens (tertiary/aromatic N) is 1. The summed E-state index contributed by atoms with van der Waals surface area (Å²) in [7, 11) is 1.38. The number of halogens is 1. The highest BCUT2D eigenvalue weighted by atomic mass is 19.1. The van der Waals surface area contributed by atoms with Gasteiger partial charge in [0.25, 0.3) is 5.91 Å². The normalized spacial score (nSPS) is 10.7. The van der Waals surface area contributed by atoms with E-state index in [1.165, 1.54) is 25.3 Å². The molecule has 0 aliphatic heterocycles. The minimum absolute atomic E-state index is 0.0826. The van der Waals surface area contributed by atoms with Gasteiger partial charge in [-0.1, -0.05) is 13.8 Å². The Morgan fingerprint density at radius 3 is 2.70 bits per heavy atom. The molecule has 0 unspecified atom stereocenters. The van der Waals surface area contributed by atoms with Crippen LogP contribution in [0.3, 0.4) is 0 Å². The van der Waals surface area contributed by atoms with Crippen LogP contribution in [0.15, 0.2) is 18.2 Å². The molecule has 0 saturated carbocycles. The summed E-state index contributed by atoms with van der Waals surface area (Å²) in [6.45, 7) is 5.89. The number of nitrogens with two attached hydrogens (primary N) is 1. The first kappa shape index (κ1) is 16.4. The Morgan fingerprint density at radius 1 is 1.45 bits per heavy atom. The number of amides is 1. The van der Waals surface area contributed by atoms with Crippen molar-refractivity contribution in [2.75, 3.05) is 26.7 Å². The number of carbonyl (C=O) groups is 1. The molecule has 0 bridgehead atoms. The second-order valence-corrected chi connectivity index (χ2v) is 5.14. The van der Waals surface area contributed by atoms with Gasteiger partial charge in [0.15, 0.2) is 11.6 Å². The summed E-state index contributed by atoms with van der Waals surface area (Å²) >= 11 is 0. The number of hydrogen-bond acceptors (Lipinski definition) is 3. The smallest absolute Gasteiger partial charge is 0.254 e. The standard InChI is InChI=1S/C15H23FN2O2/c1-11(2)10-18(8-4-7-17)15(19)12-5-6-13(16)14(9-12)20-3/h5-6,9,11H,4,7-8,10,17H2,1-3H3. The summed E-state index contributed by atoms with van der Waals surface area (Å²) in [4.78, 5) is 14.2. The molecule has 0 saturated heterocycles. The molecule has 0 atom stereocenters. The van der Waals surface area contributed by atoms with Crippen molar-refractivity contribution in [3.8, 4) is 5.75 Å². The molecular weight excluding hydrogens is 259 g/mol. The summed E-state index contributed by atoms with van der Waals surface area (Å²) in [6.07, 6.45) is 0.747. The molecule has 4 nitrogen and oxygen atoms in total. The molecule has 0 heterocycles. The van der Waals surface area contributed by atoms with Gasteiger partial charge in [0, 0.05) is 18.7 Å². The van der Waals surface area contributed by atoms with E-state index >= 15 is 0 Å². The van der Waals surface area contributed by atoms with Gasteiger partial charge in [-0.2, -0.15) is 0 Å². The molecule has 0 aliphatic rings. The molecule has 2 N–H and O–H groups in total. The number of hydrogen-bond donors (Lipinski definition) is 1. The molecule has 5 heteroatoms. The van der Waals surface area contributed by atoms with Crippen molar-refractivity contribution in [1.82, 2.24) is 4.90 Å². The first-order valence-electron chi connectivity index (χ1n) is 6.82. The number of benzene rings is 1. The van der Waals surface area contributed by atoms with E-state index in [9.17, 15) is 9.18 Å². The maximum atomic E-state index is 13.4. The predicted octanol–water partition coefficient (Wildman–Crippen LogP) is 2.28. The molecule has 1 aromatic carbocycles. The van der Waals surface area contributed by atoms with Crippen LogP contribution in [-0.2, 0) is 0 Å². The van der Waals surface area contributed by atoms with E-state index in [4.69, 9.17) is 10.5 Å². The Morgan fingerprint density at radius 2 is 2.15 bits per heavy atom. The van der Waals surface area contributed by atoms with E-state index in [1.807, 2.05) is 13.8 Å². The fourth-order valence-electron chi connectivity index (χ4n) is 1.97. The maximum Gasteiger partial charge on any atom is 0.254 e. The van der Waals surface area contributed by atoms with E-state index in [2.05, 4.69) is 0 Å². The molecule has 0 aromatic heterocycles. The Bertz CT molecular complexity index is 449. The lowest BCUT2D eigenvalue weighted by atomic mass is 10.1. The van der Waals surface area contributed by atoms with Crippen molar-refractivity contribution in [2.45, 2.75) is 20.3 Å². The fourth-order valence-corrected chi connectivity index (χ4v) is 1.97. The highest BCUT2D eigenvalue weighted by Gasteiger charge is 2.18. The van der Waals surface area contributed by atoms with Crippen LogP contribution in [0.5, 0.6) is 5.75 Å². The van der Waals surface area contributed by atoms with E-state index < -0.39 is 5.82 Å². The second-order valence-electron chi connectivity index (χ2n) is 5.14. The monoisotopic (exact) mass is 282 g/mol. The molecule has 1 amide bonds.